The lowest BCUT2D eigenvalue weighted by Gasteiger charge is -2.36. The summed E-state index contributed by atoms with van der Waals surface area (Å²) >= 11 is 0. The minimum Gasteiger partial charge on any atom is -0.455 e. The molecule has 2 saturated heterocycles. The van der Waals surface area contributed by atoms with E-state index in [9.17, 15) is 13.2 Å². The van der Waals surface area contributed by atoms with Crippen LogP contribution in [0.4, 0.5) is 0 Å². The van der Waals surface area contributed by atoms with Gasteiger partial charge < -0.3 is 9.32 Å². The summed E-state index contributed by atoms with van der Waals surface area (Å²) in [7, 11) is -3.54. The second-order valence-corrected chi connectivity index (χ2v) is 7.86. The van der Waals surface area contributed by atoms with Gasteiger partial charge in [0.05, 0.1) is 0 Å². The third-order valence-electron chi connectivity index (χ3n) is 4.12. The molecule has 1 aromatic heterocycles. The van der Waals surface area contributed by atoms with Crippen LogP contribution in [0.25, 0.3) is 0 Å². The fourth-order valence-electron chi connectivity index (χ4n) is 2.92. The Morgan fingerprint density at radius 3 is 2.48 bits per heavy atom. The first-order valence-electron chi connectivity index (χ1n) is 7.29. The molecule has 116 valence electrons. The van der Waals surface area contributed by atoms with Crippen LogP contribution in [-0.2, 0) is 10.0 Å². The molecular weight excluding hydrogens is 292 g/mol. The van der Waals surface area contributed by atoms with Gasteiger partial charge in [-0.15, -0.1) is 0 Å². The van der Waals surface area contributed by atoms with Gasteiger partial charge in [0.25, 0.3) is 5.91 Å². The zero-order chi connectivity index (χ0) is 15.2. The third-order valence-corrected chi connectivity index (χ3v) is 6.12. The molecule has 21 heavy (non-hydrogen) atoms. The normalized spacial score (nSPS) is 20.8. The van der Waals surface area contributed by atoms with Crippen molar-refractivity contribution in [3.05, 3.63) is 17.6 Å². The van der Waals surface area contributed by atoms with Crippen LogP contribution in [0, 0.1) is 12.8 Å². The van der Waals surface area contributed by atoms with Crippen LogP contribution >= 0.6 is 0 Å². The van der Waals surface area contributed by atoms with Crippen molar-refractivity contribution >= 4 is 15.9 Å². The summed E-state index contributed by atoms with van der Waals surface area (Å²) in [5.74, 6) is 0.688. The quantitative estimate of drug-likeness (QED) is 0.847. The van der Waals surface area contributed by atoms with Crippen LogP contribution in [0.5, 0.6) is 0 Å². The minimum absolute atomic E-state index is 0.122. The Kier molecular flexibility index (Phi) is 3.57. The number of hydrogen-bond donors (Lipinski definition) is 0. The van der Waals surface area contributed by atoms with Gasteiger partial charge in [-0.3, -0.25) is 4.79 Å². The van der Waals surface area contributed by atoms with Gasteiger partial charge in [-0.05, 0) is 25.7 Å². The number of likely N-dealkylation sites (tertiary alicyclic amines) is 1. The van der Waals surface area contributed by atoms with E-state index in [1.165, 1.54) is 10.4 Å². The summed E-state index contributed by atoms with van der Waals surface area (Å²) in [5.41, 5.74) is 0. The molecule has 2 aliphatic heterocycles. The third kappa shape index (κ3) is 2.48. The van der Waals surface area contributed by atoms with E-state index in [4.69, 9.17) is 4.42 Å². The first-order chi connectivity index (χ1) is 9.89. The van der Waals surface area contributed by atoms with Crippen LogP contribution in [0.2, 0.25) is 0 Å². The fraction of sp³-hybridized carbons (Fsp3) is 0.643. The van der Waals surface area contributed by atoms with Gasteiger partial charge in [0.15, 0.2) is 5.76 Å². The van der Waals surface area contributed by atoms with Gasteiger partial charge in [-0.25, -0.2) is 8.42 Å². The van der Waals surface area contributed by atoms with Crippen molar-refractivity contribution in [2.75, 3.05) is 26.2 Å². The first kappa shape index (κ1) is 14.6. The molecule has 1 aromatic rings. The molecule has 0 N–H and O–H groups in total. The fourth-order valence-corrected chi connectivity index (χ4v) is 4.59. The number of carbonyl (C=O) groups is 1. The van der Waals surface area contributed by atoms with Crippen molar-refractivity contribution in [1.82, 2.24) is 9.21 Å². The van der Waals surface area contributed by atoms with Crippen molar-refractivity contribution < 1.29 is 17.6 Å². The number of hydrogen-bond acceptors (Lipinski definition) is 4. The molecular formula is C14H20N2O4S. The van der Waals surface area contributed by atoms with E-state index in [1.54, 1.807) is 11.8 Å². The highest BCUT2D eigenvalue weighted by Gasteiger charge is 2.34. The molecule has 0 radical (unpaired) electrons. The number of nitrogens with zero attached hydrogens (tertiary/aromatic N) is 2. The van der Waals surface area contributed by atoms with Gasteiger partial charge in [-0.1, -0.05) is 6.92 Å². The molecule has 1 amide bonds. The molecule has 3 heterocycles. The summed E-state index contributed by atoms with van der Waals surface area (Å²) in [6, 6.07) is 1.38. The van der Waals surface area contributed by atoms with Crippen molar-refractivity contribution in [3.8, 4) is 0 Å². The highest BCUT2D eigenvalue weighted by Crippen LogP contribution is 2.28. The number of rotatable bonds is 3. The summed E-state index contributed by atoms with van der Waals surface area (Å²) < 4.78 is 32.0. The molecule has 0 spiro atoms. The first-order valence-corrected chi connectivity index (χ1v) is 8.73. The van der Waals surface area contributed by atoms with Gasteiger partial charge in [0.1, 0.15) is 10.7 Å². The molecule has 2 fully saturated rings. The molecule has 7 heteroatoms. The van der Waals surface area contributed by atoms with E-state index < -0.39 is 10.0 Å². The van der Waals surface area contributed by atoms with Gasteiger partial charge in [0, 0.05) is 32.2 Å². The summed E-state index contributed by atoms with van der Waals surface area (Å²) in [6.45, 7) is 6.15. The van der Waals surface area contributed by atoms with E-state index >= 15 is 0 Å². The van der Waals surface area contributed by atoms with Crippen molar-refractivity contribution in [1.29, 1.82) is 0 Å². The number of furan rings is 1. The van der Waals surface area contributed by atoms with Crippen LogP contribution in [0.15, 0.2) is 15.4 Å². The Labute approximate surface area is 124 Å². The largest absolute Gasteiger partial charge is 0.455 e. The maximum absolute atomic E-state index is 12.5. The van der Waals surface area contributed by atoms with Crippen molar-refractivity contribution in [2.24, 2.45) is 5.92 Å². The highest BCUT2D eigenvalue weighted by molar-refractivity contribution is 7.89. The Hall–Kier alpha value is -1.34. The van der Waals surface area contributed by atoms with E-state index in [-0.39, 0.29) is 16.6 Å². The molecule has 0 bridgehead atoms. The Morgan fingerprint density at radius 2 is 1.90 bits per heavy atom. The Bertz CT molecular complexity index is 653. The Morgan fingerprint density at radius 1 is 1.29 bits per heavy atom. The van der Waals surface area contributed by atoms with Gasteiger partial charge in [-0.2, -0.15) is 4.31 Å². The molecule has 6 nitrogen and oxygen atoms in total. The lowest BCUT2D eigenvalue weighted by atomic mass is 10.0. The molecule has 0 saturated carbocycles. The number of aryl methyl sites for hydroxylation is 1. The second-order valence-electron chi connectivity index (χ2n) is 5.96. The molecule has 2 aliphatic rings. The molecule has 0 atom stereocenters. The molecule has 0 aromatic carbocycles. The summed E-state index contributed by atoms with van der Waals surface area (Å²) in [6.07, 6.45) is 1.77. The standard InChI is InChI=1S/C14H20N2O4S/c1-10-8-15(9-10)14(17)12-7-13(11(2)20-12)21(18,19)16-5-3-4-6-16/h7,10H,3-6,8-9H2,1-2H3. The van der Waals surface area contributed by atoms with Crippen molar-refractivity contribution in [3.63, 3.8) is 0 Å². The van der Waals surface area contributed by atoms with Crippen LogP contribution in [0.3, 0.4) is 0 Å². The lowest BCUT2D eigenvalue weighted by Crippen LogP contribution is -2.48. The zero-order valence-corrected chi connectivity index (χ0v) is 13.1. The minimum atomic E-state index is -3.54. The maximum atomic E-state index is 12.5. The van der Waals surface area contributed by atoms with E-state index in [0.29, 0.717) is 37.9 Å². The van der Waals surface area contributed by atoms with E-state index in [1.807, 2.05) is 0 Å². The van der Waals surface area contributed by atoms with Gasteiger partial charge >= 0.3 is 0 Å². The lowest BCUT2D eigenvalue weighted by molar-refractivity contribution is 0.0496. The molecule has 0 aliphatic carbocycles. The smallest absolute Gasteiger partial charge is 0.289 e. The van der Waals surface area contributed by atoms with E-state index in [2.05, 4.69) is 6.92 Å². The summed E-state index contributed by atoms with van der Waals surface area (Å²) in [4.78, 5) is 14.0. The predicted molar refractivity (Wildman–Crippen MR) is 76.5 cm³/mol. The summed E-state index contributed by atoms with van der Waals surface area (Å²) in [5, 5.41) is 0. The monoisotopic (exact) mass is 312 g/mol. The van der Waals surface area contributed by atoms with Crippen molar-refractivity contribution in [2.45, 2.75) is 31.6 Å². The zero-order valence-electron chi connectivity index (χ0n) is 12.3. The highest BCUT2D eigenvalue weighted by atomic mass is 32.2. The average molecular weight is 312 g/mol. The number of carbonyl (C=O) groups excluding carboxylic acids is 1. The predicted octanol–water partition coefficient (Wildman–Crippen LogP) is 1.46. The SMILES string of the molecule is Cc1oc(C(=O)N2CC(C)C2)cc1S(=O)(=O)N1CCCC1. The van der Waals surface area contributed by atoms with E-state index in [0.717, 1.165) is 12.8 Å². The van der Waals surface area contributed by atoms with Crippen LogP contribution in [-0.4, -0.2) is 49.7 Å². The number of amides is 1. The Balaban J connectivity index is 1.86. The van der Waals surface area contributed by atoms with Crippen LogP contribution in [0.1, 0.15) is 36.1 Å². The average Bonchev–Trinajstić information content (AvgIpc) is 3.03. The molecule has 3 rings (SSSR count). The topological polar surface area (TPSA) is 70.8 Å². The number of sulfonamides is 1. The van der Waals surface area contributed by atoms with Crippen LogP contribution < -0.4 is 0 Å². The maximum Gasteiger partial charge on any atom is 0.289 e. The molecule has 0 unspecified atom stereocenters. The van der Waals surface area contributed by atoms with Gasteiger partial charge in [0.2, 0.25) is 10.0 Å². The second kappa shape index (κ2) is 5.14.